The number of hydrogen-bond donors (Lipinski definition) is 3. The zero-order valence-corrected chi connectivity index (χ0v) is 15.3. The van der Waals surface area contributed by atoms with E-state index in [2.05, 4.69) is 26.5 Å². The molecule has 0 unspecified atom stereocenters. The van der Waals surface area contributed by atoms with Crippen LogP contribution in [-0.4, -0.2) is 33.1 Å². The van der Waals surface area contributed by atoms with Crippen molar-refractivity contribution in [2.75, 3.05) is 0 Å². The fourth-order valence-corrected chi connectivity index (χ4v) is 2.35. The van der Waals surface area contributed by atoms with Crippen molar-refractivity contribution in [1.82, 2.24) is 0 Å². The Morgan fingerprint density at radius 1 is 1.04 bits per heavy atom. The number of allylic oxidation sites excluding steroid dienone is 3. The van der Waals surface area contributed by atoms with Gasteiger partial charge >= 0.3 is 0 Å². The van der Waals surface area contributed by atoms with Crippen molar-refractivity contribution in [3.8, 4) is 0 Å². The standard InChI is InChI=1S/C20H34O3/c1-7-20(6,23)14-19(22)13-17(5)12-18(21)11-16(4)10-8-9-15(2)3/h7,9,11,13,18-19,21-23H,1,8,10,12,14H2,2-6H3/b16-11+,17-13+/t18-,19-,20-/m1/s1. The molecule has 0 heterocycles. The van der Waals surface area contributed by atoms with Crippen LogP contribution in [0, 0.1) is 0 Å². The average Bonchev–Trinajstić information content (AvgIpc) is 2.36. The third-order valence-electron chi connectivity index (χ3n) is 3.64. The lowest BCUT2D eigenvalue weighted by atomic mass is 9.96. The van der Waals surface area contributed by atoms with Crippen LogP contribution in [0.25, 0.3) is 0 Å². The van der Waals surface area contributed by atoms with Gasteiger partial charge in [0.1, 0.15) is 0 Å². The molecule has 132 valence electrons. The van der Waals surface area contributed by atoms with Crippen molar-refractivity contribution in [2.24, 2.45) is 0 Å². The number of hydrogen-bond acceptors (Lipinski definition) is 3. The fourth-order valence-electron chi connectivity index (χ4n) is 2.35. The molecular formula is C20H34O3. The second-order valence-corrected chi connectivity index (χ2v) is 6.95. The average molecular weight is 322 g/mol. The molecule has 0 saturated heterocycles. The van der Waals surface area contributed by atoms with Crippen LogP contribution in [0.3, 0.4) is 0 Å². The molecule has 3 nitrogen and oxygen atoms in total. The summed E-state index contributed by atoms with van der Waals surface area (Å²) in [6.45, 7) is 13.2. The quantitative estimate of drug-likeness (QED) is 0.531. The summed E-state index contributed by atoms with van der Waals surface area (Å²) in [4.78, 5) is 0. The van der Waals surface area contributed by atoms with E-state index in [1.807, 2.05) is 19.9 Å². The van der Waals surface area contributed by atoms with Crippen molar-refractivity contribution in [3.05, 3.63) is 47.6 Å². The van der Waals surface area contributed by atoms with E-state index in [9.17, 15) is 15.3 Å². The van der Waals surface area contributed by atoms with Gasteiger partial charge in [-0.3, -0.25) is 0 Å². The van der Waals surface area contributed by atoms with Gasteiger partial charge in [-0.2, -0.15) is 0 Å². The molecule has 3 heteroatoms. The Labute approximate surface area is 141 Å². The normalized spacial score (nSPS) is 18.1. The zero-order chi connectivity index (χ0) is 18.0. The SMILES string of the molecule is C=C[C@@](C)(O)C[C@H](O)/C=C(\C)C[C@H](O)/C=C(\C)CCC=C(C)C. The molecule has 23 heavy (non-hydrogen) atoms. The Morgan fingerprint density at radius 2 is 1.61 bits per heavy atom. The molecule has 3 atom stereocenters. The number of aliphatic hydroxyl groups is 3. The minimum absolute atomic E-state index is 0.196. The Balaban J connectivity index is 4.47. The van der Waals surface area contributed by atoms with Gasteiger partial charge < -0.3 is 15.3 Å². The highest BCUT2D eigenvalue weighted by atomic mass is 16.3. The molecule has 0 aliphatic rings. The third-order valence-corrected chi connectivity index (χ3v) is 3.64. The van der Waals surface area contributed by atoms with E-state index in [1.54, 1.807) is 13.0 Å². The van der Waals surface area contributed by atoms with Gasteiger partial charge in [0, 0.05) is 6.42 Å². The van der Waals surface area contributed by atoms with E-state index in [0.29, 0.717) is 6.42 Å². The van der Waals surface area contributed by atoms with Crippen LogP contribution in [0.15, 0.2) is 47.6 Å². The predicted octanol–water partition coefficient (Wildman–Crippen LogP) is 4.06. The Bertz CT molecular complexity index is 452. The Morgan fingerprint density at radius 3 is 2.13 bits per heavy atom. The molecule has 0 aromatic rings. The maximum atomic E-state index is 10.1. The van der Waals surface area contributed by atoms with Crippen LogP contribution in [0.5, 0.6) is 0 Å². The van der Waals surface area contributed by atoms with Crippen molar-refractivity contribution in [3.63, 3.8) is 0 Å². The van der Waals surface area contributed by atoms with E-state index in [4.69, 9.17) is 0 Å². The maximum Gasteiger partial charge on any atom is 0.0824 e. The van der Waals surface area contributed by atoms with Gasteiger partial charge in [0.2, 0.25) is 0 Å². The van der Waals surface area contributed by atoms with E-state index >= 15 is 0 Å². The molecule has 3 N–H and O–H groups in total. The first-order valence-electron chi connectivity index (χ1n) is 8.26. The highest BCUT2D eigenvalue weighted by Gasteiger charge is 2.19. The summed E-state index contributed by atoms with van der Waals surface area (Å²) < 4.78 is 0. The highest BCUT2D eigenvalue weighted by molar-refractivity contribution is 5.11. The molecule has 0 aromatic carbocycles. The minimum Gasteiger partial charge on any atom is -0.389 e. The molecule has 0 aliphatic carbocycles. The lowest BCUT2D eigenvalue weighted by Crippen LogP contribution is -2.26. The van der Waals surface area contributed by atoms with Crippen molar-refractivity contribution >= 4 is 0 Å². The van der Waals surface area contributed by atoms with Crippen LogP contribution in [0.2, 0.25) is 0 Å². The monoisotopic (exact) mass is 322 g/mol. The molecule has 0 spiro atoms. The molecular weight excluding hydrogens is 288 g/mol. The zero-order valence-electron chi connectivity index (χ0n) is 15.3. The molecule has 0 aromatic heterocycles. The molecule has 0 amide bonds. The highest BCUT2D eigenvalue weighted by Crippen LogP contribution is 2.17. The van der Waals surface area contributed by atoms with Crippen LogP contribution in [0.4, 0.5) is 0 Å². The molecule has 0 rings (SSSR count). The smallest absolute Gasteiger partial charge is 0.0824 e. The van der Waals surface area contributed by atoms with Crippen LogP contribution >= 0.6 is 0 Å². The van der Waals surface area contributed by atoms with Gasteiger partial charge in [-0.25, -0.2) is 0 Å². The first kappa shape index (κ1) is 21.8. The number of rotatable bonds is 10. The Hall–Kier alpha value is -1.16. The van der Waals surface area contributed by atoms with Gasteiger partial charge in [0.25, 0.3) is 0 Å². The summed E-state index contributed by atoms with van der Waals surface area (Å²) >= 11 is 0. The van der Waals surface area contributed by atoms with E-state index in [0.717, 1.165) is 24.0 Å². The molecule has 0 aliphatic heterocycles. The summed E-state index contributed by atoms with van der Waals surface area (Å²) in [6.07, 6.45) is 8.48. The maximum absolute atomic E-state index is 10.1. The summed E-state index contributed by atoms with van der Waals surface area (Å²) in [5.41, 5.74) is 2.29. The first-order valence-corrected chi connectivity index (χ1v) is 8.26. The second-order valence-electron chi connectivity index (χ2n) is 6.95. The lowest BCUT2D eigenvalue weighted by Gasteiger charge is -2.21. The molecule has 0 saturated carbocycles. The van der Waals surface area contributed by atoms with Crippen molar-refractivity contribution in [2.45, 2.75) is 78.1 Å². The van der Waals surface area contributed by atoms with Crippen molar-refractivity contribution < 1.29 is 15.3 Å². The molecule has 0 radical (unpaired) electrons. The molecule has 0 fully saturated rings. The summed E-state index contributed by atoms with van der Waals surface area (Å²) in [7, 11) is 0. The van der Waals surface area contributed by atoms with Crippen LogP contribution in [-0.2, 0) is 0 Å². The van der Waals surface area contributed by atoms with Gasteiger partial charge in [-0.05, 0) is 53.9 Å². The van der Waals surface area contributed by atoms with Gasteiger partial charge in [0.05, 0.1) is 17.8 Å². The van der Waals surface area contributed by atoms with Gasteiger partial charge in [0.15, 0.2) is 0 Å². The second kappa shape index (κ2) is 10.6. The molecule has 0 bridgehead atoms. The van der Waals surface area contributed by atoms with Crippen LogP contribution in [0.1, 0.15) is 60.3 Å². The van der Waals surface area contributed by atoms with E-state index in [1.165, 1.54) is 11.6 Å². The van der Waals surface area contributed by atoms with Crippen molar-refractivity contribution in [1.29, 1.82) is 0 Å². The minimum atomic E-state index is -1.09. The topological polar surface area (TPSA) is 60.7 Å². The lowest BCUT2D eigenvalue weighted by molar-refractivity contribution is 0.0573. The third kappa shape index (κ3) is 12.0. The van der Waals surface area contributed by atoms with E-state index < -0.39 is 17.8 Å². The fraction of sp³-hybridized carbons (Fsp3) is 0.600. The van der Waals surface area contributed by atoms with Gasteiger partial charge in [-0.15, -0.1) is 6.58 Å². The number of aliphatic hydroxyl groups excluding tert-OH is 2. The summed E-state index contributed by atoms with van der Waals surface area (Å²) in [5, 5.41) is 29.9. The van der Waals surface area contributed by atoms with Gasteiger partial charge in [-0.1, -0.05) is 41.0 Å². The Kier molecular flexibility index (Phi) is 10.1. The largest absolute Gasteiger partial charge is 0.389 e. The first-order chi connectivity index (χ1) is 10.6. The van der Waals surface area contributed by atoms with Crippen LogP contribution < -0.4 is 0 Å². The summed E-state index contributed by atoms with van der Waals surface area (Å²) in [6, 6.07) is 0. The summed E-state index contributed by atoms with van der Waals surface area (Å²) in [5.74, 6) is 0. The predicted molar refractivity (Wildman–Crippen MR) is 98.2 cm³/mol. The van der Waals surface area contributed by atoms with E-state index in [-0.39, 0.29) is 6.42 Å².